The molecule has 5 heteroatoms. The van der Waals surface area contributed by atoms with Crippen LogP contribution in [0.2, 0.25) is 0 Å². The number of benzene rings is 1. The van der Waals surface area contributed by atoms with Crippen LogP contribution in [0.1, 0.15) is 38.3 Å². The van der Waals surface area contributed by atoms with Crippen LogP contribution in [-0.4, -0.2) is 18.1 Å². The van der Waals surface area contributed by atoms with Crippen molar-refractivity contribution < 1.29 is 4.74 Å². The molecule has 0 saturated heterocycles. The summed E-state index contributed by atoms with van der Waals surface area (Å²) in [4.78, 5) is 4.49. The average molecular weight is 319 g/mol. The Morgan fingerprint density at radius 1 is 1.18 bits per heavy atom. The van der Waals surface area contributed by atoms with Crippen LogP contribution in [0.15, 0.2) is 29.6 Å². The smallest absolute Gasteiger partial charge is 0.187 e. The molecule has 4 nitrogen and oxygen atoms in total. The van der Waals surface area contributed by atoms with Crippen molar-refractivity contribution in [1.29, 1.82) is 0 Å². The predicted molar refractivity (Wildman–Crippen MR) is 94.2 cm³/mol. The van der Waals surface area contributed by atoms with Crippen LogP contribution in [0, 0.1) is 0 Å². The molecule has 0 fully saturated rings. The number of unbranched alkanes of at least 4 members (excludes halogenated alkanes) is 3. The Hall–Kier alpha value is -1.59. The lowest BCUT2D eigenvalue weighted by molar-refractivity contribution is 0.305. The van der Waals surface area contributed by atoms with Gasteiger partial charge in [-0.1, -0.05) is 26.2 Å². The highest BCUT2D eigenvalue weighted by Crippen LogP contribution is 2.23. The minimum Gasteiger partial charge on any atom is -0.494 e. The van der Waals surface area contributed by atoms with E-state index in [2.05, 4.69) is 17.2 Å². The van der Waals surface area contributed by atoms with E-state index in [1.165, 1.54) is 19.3 Å². The zero-order chi connectivity index (χ0) is 15.6. The molecule has 0 spiro atoms. The molecule has 0 saturated carbocycles. The van der Waals surface area contributed by atoms with Gasteiger partial charge in [0.1, 0.15) is 5.75 Å². The Balaban J connectivity index is 1.78. The lowest BCUT2D eigenvalue weighted by Gasteiger charge is -2.07. The van der Waals surface area contributed by atoms with Gasteiger partial charge in [0.05, 0.1) is 12.3 Å². The van der Waals surface area contributed by atoms with Crippen molar-refractivity contribution in [3.8, 4) is 5.75 Å². The van der Waals surface area contributed by atoms with Crippen LogP contribution in [0.4, 0.5) is 10.8 Å². The van der Waals surface area contributed by atoms with Crippen molar-refractivity contribution >= 4 is 22.2 Å². The first-order valence-corrected chi connectivity index (χ1v) is 8.84. The fraction of sp³-hybridized carbons (Fsp3) is 0.471. The molecule has 0 aliphatic carbocycles. The zero-order valence-corrected chi connectivity index (χ0v) is 14.0. The Bertz CT molecular complexity index is 539. The maximum absolute atomic E-state index is 5.74. The largest absolute Gasteiger partial charge is 0.494 e. The molecule has 0 radical (unpaired) electrons. The number of anilines is 2. The van der Waals surface area contributed by atoms with Crippen LogP contribution < -0.4 is 15.8 Å². The van der Waals surface area contributed by atoms with E-state index in [1.807, 2.05) is 29.6 Å². The van der Waals surface area contributed by atoms with E-state index in [-0.39, 0.29) is 0 Å². The third-order valence-electron chi connectivity index (χ3n) is 3.32. The standard InChI is InChI=1S/C17H25N3OS/c1-2-3-4-5-12-21-16-8-6-14(7-9-16)19-17-20-15(10-11-18)13-22-17/h6-9,13H,2-5,10-12,18H2,1H3,(H,19,20). The predicted octanol–water partition coefficient (Wildman–Crippen LogP) is 4.35. The van der Waals surface area contributed by atoms with E-state index >= 15 is 0 Å². The van der Waals surface area contributed by atoms with Crippen molar-refractivity contribution in [3.05, 3.63) is 35.3 Å². The maximum Gasteiger partial charge on any atom is 0.187 e. The summed E-state index contributed by atoms with van der Waals surface area (Å²) >= 11 is 1.60. The number of hydrogen-bond acceptors (Lipinski definition) is 5. The number of nitrogens with one attached hydrogen (secondary N) is 1. The summed E-state index contributed by atoms with van der Waals surface area (Å²) < 4.78 is 5.74. The summed E-state index contributed by atoms with van der Waals surface area (Å²) in [7, 11) is 0. The molecule has 0 unspecified atom stereocenters. The van der Waals surface area contributed by atoms with E-state index in [1.54, 1.807) is 11.3 Å². The normalized spacial score (nSPS) is 10.6. The van der Waals surface area contributed by atoms with Gasteiger partial charge in [-0.05, 0) is 37.2 Å². The van der Waals surface area contributed by atoms with Crippen LogP contribution in [0.25, 0.3) is 0 Å². The maximum atomic E-state index is 5.74. The number of aromatic nitrogens is 1. The Labute approximate surface area is 136 Å². The Morgan fingerprint density at radius 2 is 2.00 bits per heavy atom. The summed E-state index contributed by atoms with van der Waals surface area (Å²) in [5, 5.41) is 6.25. The van der Waals surface area contributed by atoms with Gasteiger partial charge in [0, 0.05) is 17.5 Å². The van der Waals surface area contributed by atoms with Crippen molar-refractivity contribution in [2.24, 2.45) is 5.73 Å². The van der Waals surface area contributed by atoms with Gasteiger partial charge in [0.25, 0.3) is 0 Å². The number of ether oxygens (including phenoxy) is 1. The van der Waals surface area contributed by atoms with Crippen LogP contribution >= 0.6 is 11.3 Å². The van der Waals surface area contributed by atoms with Crippen LogP contribution in [-0.2, 0) is 6.42 Å². The Morgan fingerprint density at radius 3 is 2.73 bits per heavy atom. The second-order valence-corrected chi connectivity index (χ2v) is 6.10. The average Bonchev–Trinajstić information content (AvgIpc) is 2.96. The molecule has 120 valence electrons. The molecule has 1 aromatic heterocycles. The zero-order valence-electron chi connectivity index (χ0n) is 13.2. The minimum absolute atomic E-state index is 0.632. The number of nitrogens with two attached hydrogens (primary N) is 1. The summed E-state index contributed by atoms with van der Waals surface area (Å²) in [5.41, 5.74) is 7.60. The number of thiazole rings is 1. The molecule has 3 N–H and O–H groups in total. The van der Waals surface area contributed by atoms with Crippen molar-refractivity contribution in [3.63, 3.8) is 0 Å². The highest BCUT2D eigenvalue weighted by molar-refractivity contribution is 7.13. The molecule has 1 aromatic carbocycles. The van der Waals surface area contributed by atoms with E-state index in [0.717, 1.165) is 41.7 Å². The van der Waals surface area contributed by atoms with Gasteiger partial charge in [-0.2, -0.15) is 0 Å². The topological polar surface area (TPSA) is 60.2 Å². The van der Waals surface area contributed by atoms with Gasteiger partial charge in [0.2, 0.25) is 0 Å². The van der Waals surface area contributed by atoms with Crippen molar-refractivity contribution in [2.45, 2.75) is 39.0 Å². The molecule has 0 atom stereocenters. The lowest BCUT2D eigenvalue weighted by atomic mass is 10.2. The molecule has 2 aromatic rings. The molecule has 1 heterocycles. The quantitative estimate of drug-likeness (QED) is 0.639. The van der Waals surface area contributed by atoms with Crippen molar-refractivity contribution in [2.75, 3.05) is 18.5 Å². The summed E-state index contributed by atoms with van der Waals surface area (Å²) in [6.07, 6.45) is 5.72. The van der Waals surface area contributed by atoms with E-state index in [9.17, 15) is 0 Å². The highest BCUT2D eigenvalue weighted by Gasteiger charge is 2.02. The van der Waals surface area contributed by atoms with Gasteiger partial charge in [-0.15, -0.1) is 11.3 Å². The molecule has 0 bridgehead atoms. The molecule has 0 amide bonds. The van der Waals surface area contributed by atoms with Gasteiger partial charge in [-0.3, -0.25) is 0 Å². The van der Waals surface area contributed by atoms with E-state index in [4.69, 9.17) is 10.5 Å². The van der Waals surface area contributed by atoms with Gasteiger partial charge >= 0.3 is 0 Å². The summed E-state index contributed by atoms with van der Waals surface area (Å²) in [5.74, 6) is 0.921. The number of nitrogens with zero attached hydrogens (tertiary/aromatic N) is 1. The fourth-order valence-electron chi connectivity index (χ4n) is 2.10. The van der Waals surface area contributed by atoms with Gasteiger partial charge < -0.3 is 15.8 Å². The third kappa shape index (κ3) is 5.66. The first-order valence-electron chi connectivity index (χ1n) is 7.96. The van der Waals surface area contributed by atoms with Crippen LogP contribution in [0.5, 0.6) is 5.75 Å². The first-order chi connectivity index (χ1) is 10.8. The Kier molecular flexibility index (Phi) is 7.19. The molecule has 0 aliphatic rings. The molecule has 2 rings (SSSR count). The lowest BCUT2D eigenvalue weighted by Crippen LogP contribution is -2.02. The monoisotopic (exact) mass is 319 g/mol. The van der Waals surface area contributed by atoms with E-state index in [0.29, 0.717) is 6.54 Å². The third-order valence-corrected chi connectivity index (χ3v) is 4.13. The van der Waals surface area contributed by atoms with Gasteiger partial charge in [0.15, 0.2) is 5.13 Å². The number of rotatable bonds is 10. The first kappa shape index (κ1) is 16.8. The summed E-state index contributed by atoms with van der Waals surface area (Å²) in [6.45, 7) is 3.64. The van der Waals surface area contributed by atoms with Crippen LogP contribution in [0.3, 0.4) is 0 Å². The molecular weight excluding hydrogens is 294 g/mol. The highest BCUT2D eigenvalue weighted by atomic mass is 32.1. The number of hydrogen-bond donors (Lipinski definition) is 2. The second kappa shape index (κ2) is 9.43. The van der Waals surface area contributed by atoms with Gasteiger partial charge in [-0.25, -0.2) is 4.98 Å². The summed E-state index contributed by atoms with van der Waals surface area (Å²) in [6, 6.07) is 8.03. The van der Waals surface area contributed by atoms with Crippen molar-refractivity contribution in [1.82, 2.24) is 4.98 Å². The van der Waals surface area contributed by atoms with E-state index < -0.39 is 0 Å². The SMILES string of the molecule is CCCCCCOc1ccc(Nc2nc(CCN)cs2)cc1. The second-order valence-electron chi connectivity index (χ2n) is 5.24. The molecule has 22 heavy (non-hydrogen) atoms. The molecule has 0 aliphatic heterocycles. The minimum atomic E-state index is 0.632. The molecular formula is C17H25N3OS. The fourth-order valence-corrected chi connectivity index (χ4v) is 2.87.